The van der Waals surface area contributed by atoms with Crippen molar-refractivity contribution in [2.45, 2.75) is 11.8 Å². The predicted octanol–water partition coefficient (Wildman–Crippen LogP) is 2.56. The largest absolute Gasteiger partial charge is 0.465 e. The lowest BCUT2D eigenvalue weighted by Gasteiger charge is -2.27. The van der Waals surface area contributed by atoms with Crippen molar-refractivity contribution in [1.29, 1.82) is 0 Å². The standard InChI is InChI=1S/C24H19N3O6/c1-32-22(30)11-3-4-15-12(5-11)6-16(25-15)21(29)27-10-13-9-24(13)14-7-17(23(31)33-2)26-20(14)18(28)8-19(24)27/h3-8,13,25-26H,9-10H2,1-2H3/t13-,24-/m1/s1. The van der Waals surface area contributed by atoms with Crippen molar-refractivity contribution in [3.63, 3.8) is 0 Å². The summed E-state index contributed by atoms with van der Waals surface area (Å²) in [7, 11) is 2.60. The summed E-state index contributed by atoms with van der Waals surface area (Å²) in [6, 6.07) is 8.40. The summed E-state index contributed by atoms with van der Waals surface area (Å²) < 4.78 is 9.55. The van der Waals surface area contributed by atoms with E-state index in [-0.39, 0.29) is 23.3 Å². The van der Waals surface area contributed by atoms with Gasteiger partial charge in [-0.3, -0.25) is 9.59 Å². The Morgan fingerprint density at radius 1 is 1.03 bits per heavy atom. The molecule has 1 aromatic carbocycles. The normalized spacial score (nSPS) is 22.4. The number of likely N-dealkylation sites (tertiary alicyclic amines) is 1. The number of rotatable bonds is 3. The maximum absolute atomic E-state index is 13.5. The number of H-pyrrole nitrogens is 2. The molecule has 3 aliphatic rings. The maximum atomic E-state index is 13.5. The number of hydrogen-bond donors (Lipinski definition) is 2. The number of allylic oxidation sites excluding steroid dienone is 2. The van der Waals surface area contributed by atoms with E-state index in [1.807, 2.05) is 0 Å². The van der Waals surface area contributed by atoms with Crippen LogP contribution in [0.15, 0.2) is 42.1 Å². The van der Waals surface area contributed by atoms with Gasteiger partial charge in [0.25, 0.3) is 5.91 Å². The van der Waals surface area contributed by atoms with Crippen molar-refractivity contribution < 1.29 is 28.7 Å². The fourth-order valence-corrected chi connectivity index (χ4v) is 5.35. The molecular formula is C24H19N3O6. The minimum atomic E-state index is -0.539. The van der Waals surface area contributed by atoms with E-state index in [9.17, 15) is 19.2 Å². The molecule has 2 aromatic heterocycles. The molecule has 1 saturated heterocycles. The van der Waals surface area contributed by atoms with Crippen LogP contribution in [0.1, 0.15) is 53.8 Å². The lowest BCUT2D eigenvalue weighted by atomic mass is 9.85. The topological polar surface area (TPSA) is 122 Å². The highest BCUT2D eigenvalue weighted by molar-refractivity contribution is 6.10. The van der Waals surface area contributed by atoms with E-state index in [1.165, 1.54) is 20.3 Å². The monoisotopic (exact) mass is 445 g/mol. The highest BCUT2D eigenvalue weighted by atomic mass is 16.5. The van der Waals surface area contributed by atoms with Gasteiger partial charge in [-0.05, 0) is 48.2 Å². The van der Waals surface area contributed by atoms with Crippen LogP contribution in [-0.4, -0.2) is 59.3 Å². The van der Waals surface area contributed by atoms with E-state index in [0.29, 0.717) is 34.6 Å². The fraction of sp³-hybridized carbons (Fsp3) is 0.250. The molecule has 2 aliphatic carbocycles. The molecule has 1 spiro atoms. The first kappa shape index (κ1) is 19.5. The SMILES string of the molecule is COC(=O)c1ccc2[nH]c(C(=O)N3C[C@H]4C[C@@]45C3=CC(=O)c3[nH]c(C(=O)OC)cc35)cc2c1. The van der Waals surface area contributed by atoms with E-state index < -0.39 is 17.4 Å². The van der Waals surface area contributed by atoms with Crippen LogP contribution in [0.2, 0.25) is 0 Å². The van der Waals surface area contributed by atoms with E-state index in [4.69, 9.17) is 9.47 Å². The van der Waals surface area contributed by atoms with Gasteiger partial charge in [-0.25, -0.2) is 9.59 Å². The van der Waals surface area contributed by atoms with Crippen LogP contribution in [0, 0.1) is 5.92 Å². The Bertz CT molecular complexity index is 1440. The van der Waals surface area contributed by atoms with Crippen LogP contribution in [0.3, 0.4) is 0 Å². The lowest BCUT2D eigenvalue weighted by Crippen LogP contribution is -2.33. The van der Waals surface area contributed by atoms with Gasteiger partial charge in [0.1, 0.15) is 11.4 Å². The van der Waals surface area contributed by atoms with E-state index >= 15 is 0 Å². The van der Waals surface area contributed by atoms with Crippen LogP contribution in [0.4, 0.5) is 0 Å². The van der Waals surface area contributed by atoms with Crippen LogP contribution in [0.25, 0.3) is 10.9 Å². The molecule has 166 valence electrons. The molecule has 0 bridgehead atoms. The minimum absolute atomic E-state index is 0.177. The zero-order valence-electron chi connectivity index (χ0n) is 17.9. The Balaban J connectivity index is 1.36. The molecule has 3 aromatic rings. The molecule has 0 unspecified atom stereocenters. The van der Waals surface area contributed by atoms with E-state index in [1.54, 1.807) is 35.2 Å². The van der Waals surface area contributed by atoms with Crippen LogP contribution in [0.5, 0.6) is 0 Å². The first-order valence-corrected chi connectivity index (χ1v) is 10.5. The van der Waals surface area contributed by atoms with Gasteiger partial charge >= 0.3 is 11.9 Å². The molecule has 1 amide bonds. The minimum Gasteiger partial charge on any atom is -0.465 e. The molecule has 2 atom stereocenters. The van der Waals surface area contributed by atoms with Gasteiger partial charge in [-0.15, -0.1) is 0 Å². The number of esters is 2. The highest BCUT2D eigenvalue weighted by Gasteiger charge is 2.67. The smallest absolute Gasteiger partial charge is 0.354 e. The number of aromatic amines is 2. The van der Waals surface area contributed by atoms with E-state index in [0.717, 1.165) is 17.5 Å². The second-order valence-electron chi connectivity index (χ2n) is 8.62. The Morgan fingerprint density at radius 2 is 1.82 bits per heavy atom. The molecule has 1 saturated carbocycles. The zero-order chi connectivity index (χ0) is 23.1. The summed E-state index contributed by atoms with van der Waals surface area (Å²) >= 11 is 0. The maximum Gasteiger partial charge on any atom is 0.354 e. The molecule has 33 heavy (non-hydrogen) atoms. The number of amides is 1. The molecule has 9 heteroatoms. The molecule has 2 fully saturated rings. The van der Waals surface area contributed by atoms with Crippen LogP contribution >= 0.6 is 0 Å². The molecule has 3 heterocycles. The van der Waals surface area contributed by atoms with Crippen molar-refractivity contribution >= 4 is 34.5 Å². The van der Waals surface area contributed by atoms with Gasteiger partial charge in [-0.2, -0.15) is 0 Å². The molecule has 1 aliphatic heterocycles. The number of ketones is 1. The zero-order valence-corrected chi connectivity index (χ0v) is 17.9. The first-order valence-electron chi connectivity index (χ1n) is 10.5. The first-order chi connectivity index (χ1) is 15.9. The number of aromatic nitrogens is 2. The third-order valence-corrected chi connectivity index (χ3v) is 6.99. The fourth-order valence-electron chi connectivity index (χ4n) is 5.35. The summed E-state index contributed by atoms with van der Waals surface area (Å²) in [4.78, 5) is 57.8. The number of nitrogens with one attached hydrogen (secondary N) is 2. The highest BCUT2D eigenvalue weighted by Crippen LogP contribution is 2.66. The summed E-state index contributed by atoms with van der Waals surface area (Å²) in [5.74, 6) is -1.33. The molecular weight excluding hydrogens is 426 g/mol. The third-order valence-electron chi connectivity index (χ3n) is 6.99. The third kappa shape index (κ3) is 2.53. The second kappa shape index (κ2) is 6.44. The van der Waals surface area contributed by atoms with Crippen LogP contribution < -0.4 is 0 Å². The number of hydrogen-bond acceptors (Lipinski definition) is 6. The summed E-state index contributed by atoms with van der Waals surface area (Å²) in [6.45, 7) is 0.485. The average molecular weight is 445 g/mol. The number of carbonyl (C=O) groups is 4. The van der Waals surface area contributed by atoms with Crippen molar-refractivity contribution in [3.05, 3.63) is 70.3 Å². The number of piperidine rings is 1. The average Bonchev–Trinajstić information content (AvgIpc) is 3.18. The van der Waals surface area contributed by atoms with Crippen molar-refractivity contribution in [2.24, 2.45) is 5.92 Å². The molecule has 0 radical (unpaired) electrons. The van der Waals surface area contributed by atoms with E-state index in [2.05, 4.69) is 9.97 Å². The van der Waals surface area contributed by atoms with Gasteiger partial charge < -0.3 is 24.3 Å². The van der Waals surface area contributed by atoms with Gasteiger partial charge in [-0.1, -0.05) is 0 Å². The Morgan fingerprint density at radius 3 is 2.58 bits per heavy atom. The number of nitrogens with zero attached hydrogens (tertiary/aromatic N) is 1. The molecule has 2 N–H and O–H groups in total. The van der Waals surface area contributed by atoms with Crippen LogP contribution in [-0.2, 0) is 14.9 Å². The quantitative estimate of drug-likeness (QED) is 0.598. The summed E-state index contributed by atoms with van der Waals surface area (Å²) in [6.07, 6.45) is 2.32. The Kier molecular flexibility index (Phi) is 3.81. The number of benzene rings is 1. The van der Waals surface area contributed by atoms with Gasteiger partial charge in [0, 0.05) is 34.6 Å². The van der Waals surface area contributed by atoms with Crippen molar-refractivity contribution in [3.8, 4) is 0 Å². The van der Waals surface area contributed by atoms with Gasteiger partial charge in [0.05, 0.1) is 25.5 Å². The van der Waals surface area contributed by atoms with Crippen molar-refractivity contribution in [1.82, 2.24) is 14.9 Å². The second-order valence-corrected chi connectivity index (χ2v) is 8.62. The number of methoxy groups -OCH3 is 2. The summed E-state index contributed by atoms with van der Waals surface area (Å²) in [5, 5.41) is 0.713. The Hall–Kier alpha value is -4.14. The molecule has 6 rings (SSSR count). The van der Waals surface area contributed by atoms with Crippen molar-refractivity contribution in [2.75, 3.05) is 20.8 Å². The number of ether oxygens (including phenoxy) is 2. The summed E-state index contributed by atoms with van der Waals surface area (Å²) in [5.41, 5.74) is 3.08. The van der Waals surface area contributed by atoms with Gasteiger partial charge in [0.2, 0.25) is 5.78 Å². The molecule has 9 nitrogen and oxygen atoms in total. The number of carbonyl (C=O) groups excluding carboxylic acids is 4. The Labute approximate surface area is 187 Å². The van der Waals surface area contributed by atoms with Gasteiger partial charge in [0.15, 0.2) is 0 Å². The lowest BCUT2D eigenvalue weighted by molar-refractivity contribution is 0.0588. The predicted molar refractivity (Wildman–Crippen MR) is 115 cm³/mol. The number of fused-ring (bicyclic) bond motifs is 2.